The quantitative estimate of drug-likeness (QED) is 0.598. The van der Waals surface area contributed by atoms with E-state index >= 15 is 0 Å². The van der Waals surface area contributed by atoms with Crippen molar-refractivity contribution in [3.63, 3.8) is 0 Å². The van der Waals surface area contributed by atoms with Gasteiger partial charge in [-0.3, -0.25) is 4.79 Å². The molecule has 1 fully saturated rings. The fourth-order valence-electron chi connectivity index (χ4n) is 4.83. The van der Waals surface area contributed by atoms with Gasteiger partial charge in [0, 0.05) is 11.1 Å². The number of esters is 2. The van der Waals surface area contributed by atoms with Crippen LogP contribution < -0.4 is 4.74 Å². The molecule has 0 spiro atoms. The van der Waals surface area contributed by atoms with Gasteiger partial charge in [-0.1, -0.05) is 63.6 Å². The van der Waals surface area contributed by atoms with Gasteiger partial charge < -0.3 is 14.2 Å². The summed E-state index contributed by atoms with van der Waals surface area (Å²) in [6.07, 6.45) is 2.98. The fourth-order valence-corrected chi connectivity index (χ4v) is 4.83. The minimum absolute atomic E-state index is 0.112. The van der Waals surface area contributed by atoms with Crippen LogP contribution in [0, 0.1) is 17.8 Å². The van der Waals surface area contributed by atoms with Gasteiger partial charge in [0.1, 0.15) is 23.5 Å². The van der Waals surface area contributed by atoms with E-state index in [0.29, 0.717) is 29.3 Å². The van der Waals surface area contributed by atoms with E-state index in [9.17, 15) is 9.59 Å². The van der Waals surface area contributed by atoms with Gasteiger partial charge in [0.15, 0.2) is 6.61 Å². The lowest BCUT2D eigenvalue weighted by Crippen LogP contribution is -2.37. The van der Waals surface area contributed by atoms with E-state index in [1.165, 1.54) is 0 Å². The van der Waals surface area contributed by atoms with Crippen molar-refractivity contribution in [3.05, 3.63) is 59.7 Å². The summed E-state index contributed by atoms with van der Waals surface area (Å²) in [6.45, 7) is 6.15. The number of fused-ring (bicyclic) bond motifs is 2. The Labute approximate surface area is 183 Å². The summed E-state index contributed by atoms with van der Waals surface area (Å²) in [5, 5.41) is 0. The Kier molecular flexibility index (Phi) is 6.30. The predicted molar refractivity (Wildman–Crippen MR) is 117 cm³/mol. The van der Waals surface area contributed by atoms with Crippen LogP contribution in [0.2, 0.25) is 0 Å². The zero-order valence-corrected chi connectivity index (χ0v) is 18.4. The number of hydrogen-bond acceptors (Lipinski definition) is 5. The first-order chi connectivity index (χ1) is 14.9. The molecule has 31 heavy (non-hydrogen) atoms. The molecule has 1 heterocycles. The number of carbonyl (C=O) groups excluding carboxylic acids is 2. The molecule has 0 bridgehead atoms. The van der Waals surface area contributed by atoms with Crippen LogP contribution in [0.25, 0.3) is 0 Å². The number of carbonyl (C=O) groups is 2. The lowest BCUT2D eigenvalue weighted by molar-refractivity contribution is -0.167. The van der Waals surface area contributed by atoms with Crippen LogP contribution in [0.15, 0.2) is 48.5 Å². The van der Waals surface area contributed by atoms with Crippen molar-refractivity contribution >= 4 is 11.9 Å². The average molecular weight is 423 g/mol. The Hall–Kier alpha value is -2.82. The molecule has 5 nitrogen and oxygen atoms in total. The van der Waals surface area contributed by atoms with E-state index < -0.39 is 17.9 Å². The second-order valence-corrected chi connectivity index (χ2v) is 9.07. The van der Waals surface area contributed by atoms with Crippen molar-refractivity contribution in [1.82, 2.24) is 0 Å². The van der Waals surface area contributed by atoms with Crippen molar-refractivity contribution in [2.75, 3.05) is 6.61 Å². The predicted octanol–water partition coefficient (Wildman–Crippen LogP) is 5.47. The molecule has 164 valence electrons. The van der Waals surface area contributed by atoms with Gasteiger partial charge in [-0.2, -0.15) is 0 Å². The lowest BCUT2D eigenvalue weighted by Gasteiger charge is -2.36. The summed E-state index contributed by atoms with van der Waals surface area (Å²) < 4.78 is 17.2. The van der Waals surface area contributed by atoms with Crippen LogP contribution in [-0.2, 0) is 19.1 Å². The third kappa shape index (κ3) is 4.60. The first-order valence-electron chi connectivity index (χ1n) is 11.2. The number of ether oxygens (including phenoxy) is 3. The fraction of sp³-hybridized carbons (Fsp3) is 0.462. The molecule has 0 saturated heterocycles. The van der Waals surface area contributed by atoms with Crippen molar-refractivity contribution < 1.29 is 23.8 Å². The lowest BCUT2D eigenvalue weighted by atomic mass is 9.75. The van der Waals surface area contributed by atoms with Gasteiger partial charge in [0.2, 0.25) is 0 Å². The SMILES string of the molecule is CC(C)[C@@H]1CC[C@@H](C)C[C@@H]1OC(=O)COC(=O)C1c2ccccc2Oc2ccccc21. The zero-order chi connectivity index (χ0) is 22.0. The smallest absolute Gasteiger partial charge is 0.344 e. The number of para-hydroxylation sites is 2. The first-order valence-corrected chi connectivity index (χ1v) is 11.2. The maximum absolute atomic E-state index is 13.1. The van der Waals surface area contributed by atoms with E-state index in [4.69, 9.17) is 14.2 Å². The standard InChI is InChI=1S/C26H30O5/c1-16(2)18-13-12-17(3)14-23(18)31-24(27)15-29-26(28)25-19-8-4-6-10-21(19)30-22-11-7-5-9-20(22)25/h4-11,16-18,23,25H,12-15H2,1-3H3/t17-,18+,23+/m1/s1. The highest BCUT2D eigenvalue weighted by molar-refractivity contribution is 5.87. The van der Waals surface area contributed by atoms with Crippen molar-refractivity contribution in [2.45, 2.75) is 52.1 Å². The maximum Gasteiger partial charge on any atom is 0.344 e. The number of hydrogen-bond donors (Lipinski definition) is 0. The van der Waals surface area contributed by atoms with Crippen LogP contribution in [0.3, 0.4) is 0 Å². The van der Waals surface area contributed by atoms with E-state index in [0.717, 1.165) is 30.4 Å². The molecular formula is C26H30O5. The molecule has 0 unspecified atom stereocenters. The molecule has 3 atom stereocenters. The van der Waals surface area contributed by atoms with E-state index in [-0.39, 0.29) is 12.7 Å². The summed E-state index contributed by atoms with van der Waals surface area (Å²) in [7, 11) is 0. The van der Waals surface area contributed by atoms with E-state index in [2.05, 4.69) is 20.8 Å². The maximum atomic E-state index is 13.1. The van der Waals surface area contributed by atoms with E-state index in [1.807, 2.05) is 48.5 Å². The highest BCUT2D eigenvalue weighted by Gasteiger charge is 2.36. The van der Waals surface area contributed by atoms with Crippen molar-refractivity contribution in [3.8, 4) is 11.5 Å². The minimum atomic E-state index is -0.632. The summed E-state index contributed by atoms with van der Waals surface area (Å²) in [5.74, 6) is 0.999. The molecule has 5 heteroatoms. The summed E-state index contributed by atoms with van der Waals surface area (Å²) in [6, 6.07) is 14.8. The molecule has 1 saturated carbocycles. The van der Waals surface area contributed by atoms with Gasteiger partial charge in [-0.25, -0.2) is 4.79 Å². The van der Waals surface area contributed by atoms with Gasteiger partial charge in [0.05, 0.1) is 0 Å². The summed E-state index contributed by atoms with van der Waals surface area (Å²) >= 11 is 0. The second-order valence-electron chi connectivity index (χ2n) is 9.07. The van der Waals surface area contributed by atoms with Crippen LogP contribution in [0.1, 0.15) is 57.1 Å². The molecule has 1 aliphatic heterocycles. The Balaban J connectivity index is 1.44. The van der Waals surface area contributed by atoms with Crippen molar-refractivity contribution in [1.29, 1.82) is 0 Å². The van der Waals surface area contributed by atoms with Crippen molar-refractivity contribution in [2.24, 2.45) is 17.8 Å². The summed E-state index contributed by atoms with van der Waals surface area (Å²) in [4.78, 5) is 25.6. The Bertz CT molecular complexity index is 905. The molecule has 4 rings (SSSR count). The summed E-state index contributed by atoms with van der Waals surface area (Å²) in [5.41, 5.74) is 1.47. The molecule has 0 aromatic heterocycles. The van der Waals surface area contributed by atoms with Crippen LogP contribution in [0.5, 0.6) is 11.5 Å². The van der Waals surface area contributed by atoms with Crippen LogP contribution >= 0.6 is 0 Å². The highest BCUT2D eigenvalue weighted by atomic mass is 16.6. The highest BCUT2D eigenvalue weighted by Crippen LogP contribution is 2.44. The normalized spacial score (nSPS) is 22.8. The topological polar surface area (TPSA) is 61.8 Å². The first kappa shape index (κ1) is 21.4. The molecule has 0 N–H and O–H groups in total. The van der Waals surface area contributed by atoms with E-state index in [1.54, 1.807) is 0 Å². The minimum Gasteiger partial charge on any atom is -0.460 e. The van der Waals surface area contributed by atoms with Gasteiger partial charge in [-0.15, -0.1) is 0 Å². The number of benzene rings is 2. The third-order valence-corrected chi connectivity index (χ3v) is 6.49. The Morgan fingerprint density at radius 1 is 1.00 bits per heavy atom. The average Bonchev–Trinajstić information content (AvgIpc) is 2.75. The second kappa shape index (κ2) is 9.13. The zero-order valence-electron chi connectivity index (χ0n) is 18.4. The monoisotopic (exact) mass is 422 g/mol. The molecule has 2 aromatic carbocycles. The number of rotatable bonds is 5. The van der Waals surface area contributed by atoms with Gasteiger partial charge in [-0.05, 0) is 42.7 Å². The third-order valence-electron chi connectivity index (χ3n) is 6.49. The molecule has 0 amide bonds. The Morgan fingerprint density at radius 3 is 2.23 bits per heavy atom. The molecular weight excluding hydrogens is 392 g/mol. The van der Waals surface area contributed by atoms with Crippen LogP contribution in [0.4, 0.5) is 0 Å². The van der Waals surface area contributed by atoms with Gasteiger partial charge >= 0.3 is 11.9 Å². The molecule has 1 aliphatic carbocycles. The Morgan fingerprint density at radius 2 is 1.61 bits per heavy atom. The largest absolute Gasteiger partial charge is 0.460 e. The molecule has 0 radical (unpaired) electrons. The molecule has 2 aromatic rings. The van der Waals surface area contributed by atoms with Crippen LogP contribution in [-0.4, -0.2) is 24.6 Å². The van der Waals surface area contributed by atoms with Gasteiger partial charge in [0.25, 0.3) is 0 Å². The molecule has 2 aliphatic rings.